The molecular weight excluding hydrogens is 263 g/mol. The number of aromatic carboxylic acids is 1. The Bertz CT molecular complexity index is 538. The minimum absolute atomic E-state index is 0.0112. The molecule has 0 aromatic heterocycles. The Morgan fingerprint density at radius 1 is 1.44 bits per heavy atom. The third-order valence-electron chi connectivity index (χ3n) is 2.10. The Balaban J connectivity index is 2.54. The SMILES string of the molecule is CS(=O)(=O)CCCOc1ccc(C(=O)O)c(F)c1. The second-order valence-electron chi connectivity index (χ2n) is 3.78. The maximum Gasteiger partial charge on any atom is 0.338 e. The molecule has 0 aliphatic carbocycles. The first-order chi connectivity index (χ1) is 8.29. The van der Waals surface area contributed by atoms with Gasteiger partial charge in [-0.05, 0) is 18.6 Å². The molecule has 0 spiro atoms. The fourth-order valence-electron chi connectivity index (χ4n) is 1.27. The van der Waals surface area contributed by atoms with E-state index in [1.54, 1.807) is 0 Å². The smallest absolute Gasteiger partial charge is 0.338 e. The van der Waals surface area contributed by atoms with E-state index in [4.69, 9.17) is 9.84 Å². The third-order valence-corrected chi connectivity index (χ3v) is 3.13. The standard InChI is InChI=1S/C11H13FO5S/c1-18(15,16)6-2-5-17-8-3-4-9(11(13)14)10(12)7-8/h3-4,7H,2,5-6H2,1H3,(H,13,14). The zero-order valence-corrected chi connectivity index (χ0v) is 10.5. The van der Waals surface area contributed by atoms with Gasteiger partial charge in [-0.15, -0.1) is 0 Å². The van der Waals surface area contributed by atoms with Gasteiger partial charge in [-0.2, -0.15) is 0 Å². The van der Waals surface area contributed by atoms with Crippen LogP contribution in [0.15, 0.2) is 18.2 Å². The van der Waals surface area contributed by atoms with Crippen molar-refractivity contribution in [1.82, 2.24) is 0 Å². The second kappa shape index (κ2) is 5.81. The highest BCUT2D eigenvalue weighted by atomic mass is 32.2. The van der Waals surface area contributed by atoms with Crippen molar-refractivity contribution in [3.05, 3.63) is 29.6 Å². The van der Waals surface area contributed by atoms with Gasteiger partial charge in [0.1, 0.15) is 21.4 Å². The summed E-state index contributed by atoms with van der Waals surface area (Å²) in [5, 5.41) is 8.61. The van der Waals surface area contributed by atoms with Gasteiger partial charge in [-0.25, -0.2) is 17.6 Å². The molecule has 100 valence electrons. The summed E-state index contributed by atoms with van der Waals surface area (Å²) in [4.78, 5) is 10.6. The van der Waals surface area contributed by atoms with Crippen LogP contribution in [0.4, 0.5) is 4.39 Å². The molecule has 0 atom stereocenters. The maximum absolute atomic E-state index is 13.2. The van der Waals surface area contributed by atoms with Crippen molar-refractivity contribution in [2.24, 2.45) is 0 Å². The van der Waals surface area contributed by atoms with Crippen LogP contribution in [0.25, 0.3) is 0 Å². The van der Waals surface area contributed by atoms with E-state index < -0.39 is 27.2 Å². The molecule has 0 fully saturated rings. The summed E-state index contributed by atoms with van der Waals surface area (Å²) in [5.74, 6) is -2.08. The van der Waals surface area contributed by atoms with Crippen molar-refractivity contribution < 1.29 is 27.4 Å². The fourth-order valence-corrected chi connectivity index (χ4v) is 1.91. The minimum Gasteiger partial charge on any atom is -0.493 e. The van der Waals surface area contributed by atoms with E-state index in [-0.39, 0.29) is 18.1 Å². The average Bonchev–Trinajstić information content (AvgIpc) is 2.22. The van der Waals surface area contributed by atoms with Crippen molar-refractivity contribution in [3.8, 4) is 5.75 Å². The molecule has 0 aliphatic rings. The minimum atomic E-state index is -3.04. The van der Waals surface area contributed by atoms with Crippen molar-refractivity contribution >= 4 is 15.8 Å². The lowest BCUT2D eigenvalue weighted by molar-refractivity contribution is 0.0692. The van der Waals surface area contributed by atoms with Gasteiger partial charge in [0.2, 0.25) is 0 Å². The summed E-state index contributed by atoms with van der Waals surface area (Å²) in [6.45, 7) is 0.124. The number of carboxylic acids is 1. The van der Waals surface area contributed by atoms with E-state index in [0.717, 1.165) is 18.4 Å². The Hall–Kier alpha value is -1.63. The molecule has 1 N–H and O–H groups in total. The first-order valence-corrected chi connectivity index (χ1v) is 7.19. The Morgan fingerprint density at radius 3 is 2.61 bits per heavy atom. The number of benzene rings is 1. The van der Waals surface area contributed by atoms with E-state index in [2.05, 4.69) is 0 Å². The van der Waals surface area contributed by atoms with E-state index in [1.165, 1.54) is 6.07 Å². The number of sulfone groups is 1. The summed E-state index contributed by atoms with van der Waals surface area (Å²) in [5.41, 5.74) is -0.432. The number of hydrogen-bond donors (Lipinski definition) is 1. The first kappa shape index (κ1) is 14.4. The van der Waals surface area contributed by atoms with Crippen LogP contribution in [0.3, 0.4) is 0 Å². The molecule has 18 heavy (non-hydrogen) atoms. The fraction of sp³-hybridized carbons (Fsp3) is 0.364. The van der Waals surface area contributed by atoms with Crippen LogP contribution in [0.1, 0.15) is 16.8 Å². The normalized spacial score (nSPS) is 11.2. The van der Waals surface area contributed by atoms with Crippen LogP contribution in [-0.4, -0.2) is 38.1 Å². The predicted molar refractivity (Wildman–Crippen MR) is 63.2 cm³/mol. The van der Waals surface area contributed by atoms with E-state index in [0.29, 0.717) is 6.42 Å². The summed E-state index contributed by atoms with van der Waals surface area (Å²) in [6.07, 6.45) is 1.41. The van der Waals surface area contributed by atoms with Gasteiger partial charge in [-0.1, -0.05) is 0 Å². The van der Waals surface area contributed by atoms with Gasteiger partial charge in [0.05, 0.1) is 17.9 Å². The molecule has 0 saturated carbocycles. The van der Waals surface area contributed by atoms with Gasteiger partial charge >= 0.3 is 5.97 Å². The molecule has 0 aliphatic heterocycles. The van der Waals surface area contributed by atoms with Gasteiger partial charge in [-0.3, -0.25) is 0 Å². The zero-order valence-electron chi connectivity index (χ0n) is 9.72. The molecule has 0 saturated heterocycles. The van der Waals surface area contributed by atoms with Gasteiger partial charge in [0.25, 0.3) is 0 Å². The highest BCUT2D eigenvalue weighted by Gasteiger charge is 2.10. The number of carbonyl (C=O) groups is 1. The summed E-state index contributed by atoms with van der Waals surface area (Å²) < 4.78 is 40.0. The highest BCUT2D eigenvalue weighted by molar-refractivity contribution is 7.90. The van der Waals surface area contributed by atoms with Gasteiger partial charge in [0, 0.05) is 12.3 Å². The van der Waals surface area contributed by atoms with Crippen LogP contribution >= 0.6 is 0 Å². The molecule has 0 bridgehead atoms. The maximum atomic E-state index is 13.2. The molecule has 0 heterocycles. The van der Waals surface area contributed by atoms with Crippen molar-refractivity contribution in [1.29, 1.82) is 0 Å². The molecular formula is C11H13FO5S. The van der Waals surface area contributed by atoms with Gasteiger partial charge in [0.15, 0.2) is 0 Å². The molecule has 5 nitrogen and oxygen atoms in total. The monoisotopic (exact) mass is 276 g/mol. The quantitative estimate of drug-likeness (QED) is 0.793. The average molecular weight is 276 g/mol. The number of ether oxygens (including phenoxy) is 1. The molecule has 1 aromatic carbocycles. The Labute approximate surface area is 104 Å². The Kier molecular flexibility index (Phi) is 4.66. The lowest BCUT2D eigenvalue weighted by Gasteiger charge is -2.06. The topological polar surface area (TPSA) is 80.7 Å². The van der Waals surface area contributed by atoms with Crippen LogP contribution in [0.2, 0.25) is 0 Å². The van der Waals surface area contributed by atoms with Crippen LogP contribution in [0, 0.1) is 5.82 Å². The number of rotatable bonds is 6. The van der Waals surface area contributed by atoms with Crippen LogP contribution < -0.4 is 4.74 Å². The predicted octanol–water partition coefficient (Wildman–Crippen LogP) is 1.34. The number of hydrogen-bond acceptors (Lipinski definition) is 4. The van der Waals surface area contributed by atoms with Crippen molar-refractivity contribution in [3.63, 3.8) is 0 Å². The molecule has 0 radical (unpaired) electrons. The number of halogens is 1. The largest absolute Gasteiger partial charge is 0.493 e. The highest BCUT2D eigenvalue weighted by Crippen LogP contribution is 2.16. The lowest BCUT2D eigenvalue weighted by atomic mass is 10.2. The lowest BCUT2D eigenvalue weighted by Crippen LogP contribution is -2.08. The third kappa shape index (κ3) is 4.70. The first-order valence-electron chi connectivity index (χ1n) is 5.13. The summed E-state index contributed by atoms with van der Waals surface area (Å²) in [6, 6.07) is 3.39. The van der Waals surface area contributed by atoms with Crippen molar-refractivity contribution in [2.45, 2.75) is 6.42 Å². The summed E-state index contributed by atoms with van der Waals surface area (Å²) >= 11 is 0. The number of carboxylic acid groups (broad SMARTS) is 1. The molecule has 0 amide bonds. The molecule has 0 unspecified atom stereocenters. The van der Waals surface area contributed by atoms with E-state index >= 15 is 0 Å². The van der Waals surface area contributed by atoms with Gasteiger partial charge < -0.3 is 9.84 Å². The Morgan fingerprint density at radius 2 is 2.11 bits per heavy atom. The second-order valence-corrected chi connectivity index (χ2v) is 6.04. The van der Waals surface area contributed by atoms with E-state index in [9.17, 15) is 17.6 Å². The van der Waals surface area contributed by atoms with E-state index in [1.807, 2.05) is 0 Å². The molecule has 1 rings (SSSR count). The molecule has 7 heteroatoms. The zero-order chi connectivity index (χ0) is 13.8. The van der Waals surface area contributed by atoms with Crippen LogP contribution in [0.5, 0.6) is 5.75 Å². The summed E-state index contributed by atoms with van der Waals surface area (Å²) in [7, 11) is -3.04. The van der Waals surface area contributed by atoms with Crippen LogP contribution in [-0.2, 0) is 9.84 Å². The molecule has 1 aromatic rings. The van der Waals surface area contributed by atoms with Crippen molar-refractivity contribution in [2.75, 3.05) is 18.6 Å².